The third kappa shape index (κ3) is 10.9. The van der Waals surface area contributed by atoms with Crippen LogP contribution < -0.4 is 0 Å². The summed E-state index contributed by atoms with van der Waals surface area (Å²) in [5, 5.41) is 12.6. The molecule has 0 aromatic rings. The molecule has 0 aliphatic heterocycles. The predicted molar refractivity (Wildman–Crippen MR) is 54.1 cm³/mol. The number of rotatable bonds is 7. The fraction of sp³-hybridized carbons (Fsp3) is 0.800. The SMILES string of the molecule is CC(C)(C)OOOC(=O)CCCCC(=O)O. The maximum Gasteiger partial charge on any atom is 0.345 e. The van der Waals surface area contributed by atoms with Crippen LogP contribution in [0.4, 0.5) is 0 Å². The second kappa shape index (κ2) is 7.19. The van der Waals surface area contributed by atoms with Crippen LogP contribution in [0.2, 0.25) is 0 Å². The number of carboxylic acids is 1. The van der Waals surface area contributed by atoms with Crippen LogP contribution >= 0.6 is 0 Å². The Kier molecular flexibility index (Phi) is 6.67. The lowest BCUT2D eigenvalue weighted by molar-refractivity contribution is -0.514. The van der Waals surface area contributed by atoms with Crippen molar-refractivity contribution in [3.8, 4) is 0 Å². The van der Waals surface area contributed by atoms with Gasteiger partial charge in [0.1, 0.15) is 0 Å². The van der Waals surface area contributed by atoms with Gasteiger partial charge in [0.2, 0.25) is 0 Å². The molecule has 0 bridgehead atoms. The molecule has 0 atom stereocenters. The van der Waals surface area contributed by atoms with Gasteiger partial charge < -0.3 is 5.11 Å². The summed E-state index contributed by atoms with van der Waals surface area (Å²) in [6.45, 7) is 5.23. The Labute approximate surface area is 94.3 Å². The number of aliphatic carboxylic acids is 1. The van der Waals surface area contributed by atoms with E-state index >= 15 is 0 Å². The van der Waals surface area contributed by atoms with E-state index in [-0.39, 0.29) is 12.8 Å². The molecule has 0 spiro atoms. The van der Waals surface area contributed by atoms with Gasteiger partial charge in [-0.05, 0) is 38.7 Å². The maximum absolute atomic E-state index is 11.0. The molecule has 0 radical (unpaired) electrons. The van der Waals surface area contributed by atoms with Crippen molar-refractivity contribution in [2.45, 2.75) is 52.1 Å². The molecule has 0 aliphatic carbocycles. The summed E-state index contributed by atoms with van der Waals surface area (Å²) in [5.74, 6) is -1.45. The van der Waals surface area contributed by atoms with Gasteiger partial charge in [0, 0.05) is 12.8 Å². The standard InChI is InChI=1S/C10H18O6/c1-10(2,3)15-16-14-9(13)7-5-4-6-8(11)12/h4-7H2,1-3H3,(H,11,12). The fourth-order valence-corrected chi connectivity index (χ4v) is 0.744. The highest BCUT2D eigenvalue weighted by molar-refractivity contribution is 5.69. The lowest BCUT2D eigenvalue weighted by atomic mass is 10.2. The monoisotopic (exact) mass is 234 g/mol. The quantitative estimate of drug-likeness (QED) is 0.411. The Balaban J connectivity index is 3.42. The van der Waals surface area contributed by atoms with E-state index in [0.717, 1.165) is 0 Å². The van der Waals surface area contributed by atoms with E-state index in [0.29, 0.717) is 12.8 Å². The first-order chi connectivity index (χ1) is 7.31. The van der Waals surface area contributed by atoms with Crippen molar-refractivity contribution in [1.29, 1.82) is 0 Å². The molecule has 0 saturated heterocycles. The minimum Gasteiger partial charge on any atom is -0.481 e. The zero-order valence-electron chi connectivity index (χ0n) is 9.82. The molecule has 6 heteroatoms. The summed E-state index contributed by atoms with van der Waals surface area (Å²) in [5.41, 5.74) is -0.552. The molecule has 0 saturated carbocycles. The van der Waals surface area contributed by atoms with Crippen molar-refractivity contribution >= 4 is 11.9 Å². The van der Waals surface area contributed by atoms with Gasteiger partial charge in [-0.25, -0.2) is 4.79 Å². The molecule has 0 fully saturated rings. The second-order valence-electron chi connectivity index (χ2n) is 4.32. The van der Waals surface area contributed by atoms with Crippen LogP contribution in [0, 0.1) is 0 Å². The number of hydrogen-bond donors (Lipinski definition) is 1. The average molecular weight is 234 g/mol. The second-order valence-corrected chi connectivity index (χ2v) is 4.32. The van der Waals surface area contributed by atoms with E-state index in [2.05, 4.69) is 9.93 Å². The van der Waals surface area contributed by atoms with Crippen molar-refractivity contribution in [2.24, 2.45) is 0 Å². The van der Waals surface area contributed by atoms with E-state index in [1.54, 1.807) is 20.8 Å². The summed E-state index contributed by atoms with van der Waals surface area (Å²) < 4.78 is 0. The van der Waals surface area contributed by atoms with Crippen molar-refractivity contribution in [3.63, 3.8) is 0 Å². The van der Waals surface area contributed by atoms with Gasteiger partial charge in [-0.1, -0.05) is 0 Å². The zero-order chi connectivity index (χ0) is 12.6. The molecule has 0 aromatic heterocycles. The summed E-state index contributed by atoms with van der Waals surface area (Å²) in [4.78, 5) is 30.2. The molecule has 0 aromatic carbocycles. The average Bonchev–Trinajstić information content (AvgIpc) is 2.10. The van der Waals surface area contributed by atoms with Gasteiger partial charge in [-0.15, -0.1) is 0 Å². The summed E-state index contributed by atoms with van der Waals surface area (Å²) >= 11 is 0. The highest BCUT2D eigenvalue weighted by atomic mass is 17.5. The first-order valence-corrected chi connectivity index (χ1v) is 5.08. The fourth-order valence-electron chi connectivity index (χ4n) is 0.744. The van der Waals surface area contributed by atoms with Gasteiger partial charge in [-0.3, -0.25) is 9.68 Å². The summed E-state index contributed by atoms with van der Waals surface area (Å²) in [6.07, 6.45) is 1.04. The number of carbonyl (C=O) groups is 2. The van der Waals surface area contributed by atoms with Gasteiger partial charge in [0.15, 0.2) is 0 Å². The lowest BCUT2D eigenvalue weighted by Crippen LogP contribution is -2.20. The molecule has 1 N–H and O–H groups in total. The maximum atomic E-state index is 11.0. The Morgan fingerprint density at radius 1 is 1.12 bits per heavy atom. The van der Waals surface area contributed by atoms with E-state index in [1.807, 2.05) is 0 Å². The smallest absolute Gasteiger partial charge is 0.345 e. The lowest BCUT2D eigenvalue weighted by Gasteiger charge is -2.15. The normalized spacial score (nSPS) is 11.2. The molecular formula is C10H18O6. The van der Waals surface area contributed by atoms with E-state index in [1.165, 1.54) is 0 Å². The van der Waals surface area contributed by atoms with E-state index in [4.69, 9.17) is 9.99 Å². The Morgan fingerprint density at radius 2 is 1.69 bits per heavy atom. The van der Waals surface area contributed by atoms with Crippen LogP contribution in [0.15, 0.2) is 0 Å². The largest absolute Gasteiger partial charge is 0.481 e. The predicted octanol–water partition coefficient (Wildman–Crippen LogP) is 1.84. The van der Waals surface area contributed by atoms with Crippen LogP contribution in [0.3, 0.4) is 0 Å². The van der Waals surface area contributed by atoms with E-state index in [9.17, 15) is 9.59 Å². The minimum atomic E-state index is -0.874. The Bertz CT molecular complexity index is 230. The Morgan fingerprint density at radius 3 is 2.19 bits per heavy atom. The molecular weight excluding hydrogens is 216 g/mol. The van der Waals surface area contributed by atoms with Gasteiger partial charge >= 0.3 is 11.9 Å². The highest BCUT2D eigenvalue weighted by Gasteiger charge is 2.14. The van der Waals surface area contributed by atoms with Crippen molar-refractivity contribution < 1.29 is 29.5 Å². The van der Waals surface area contributed by atoms with Crippen molar-refractivity contribution in [1.82, 2.24) is 0 Å². The van der Waals surface area contributed by atoms with Crippen LogP contribution in [-0.4, -0.2) is 22.6 Å². The summed E-state index contributed by atoms with van der Waals surface area (Å²) in [6, 6.07) is 0. The van der Waals surface area contributed by atoms with Crippen molar-refractivity contribution in [3.05, 3.63) is 0 Å². The third-order valence-electron chi connectivity index (χ3n) is 1.43. The molecule has 0 unspecified atom stereocenters. The first kappa shape index (κ1) is 14.9. The number of carboxylic acid groups (broad SMARTS) is 1. The topological polar surface area (TPSA) is 82.1 Å². The highest BCUT2D eigenvalue weighted by Crippen LogP contribution is 2.08. The zero-order valence-corrected chi connectivity index (χ0v) is 9.82. The van der Waals surface area contributed by atoms with Gasteiger partial charge in [0.25, 0.3) is 0 Å². The molecule has 0 heterocycles. The molecule has 6 nitrogen and oxygen atoms in total. The molecule has 0 rings (SSSR count). The van der Waals surface area contributed by atoms with E-state index < -0.39 is 17.5 Å². The van der Waals surface area contributed by atoms with Crippen LogP contribution in [0.1, 0.15) is 46.5 Å². The van der Waals surface area contributed by atoms with Gasteiger partial charge in [0.05, 0.1) is 5.60 Å². The van der Waals surface area contributed by atoms with Crippen molar-refractivity contribution in [2.75, 3.05) is 0 Å². The number of unbranched alkanes of at least 4 members (excludes halogenated alkanes) is 1. The van der Waals surface area contributed by atoms with Crippen LogP contribution in [-0.2, 0) is 24.4 Å². The van der Waals surface area contributed by atoms with Gasteiger partial charge in [-0.2, -0.15) is 4.89 Å². The molecule has 94 valence electrons. The minimum absolute atomic E-state index is 0.0482. The molecule has 0 amide bonds. The van der Waals surface area contributed by atoms with Crippen LogP contribution in [0.25, 0.3) is 0 Å². The van der Waals surface area contributed by atoms with Crippen LogP contribution in [0.5, 0.6) is 0 Å². The number of carbonyl (C=O) groups excluding carboxylic acids is 1. The molecule has 0 aliphatic rings. The molecule has 16 heavy (non-hydrogen) atoms. The Hall–Kier alpha value is -1.14. The third-order valence-corrected chi connectivity index (χ3v) is 1.43. The first-order valence-electron chi connectivity index (χ1n) is 5.08. The summed E-state index contributed by atoms with van der Waals surface area (Å²) in [7, 11) is 0. The number of hydrogen-bond acceptors (Lipinski definition) is 5.